The van der Waals surface area contributed by atoms with Gasteiger partial charge in [-0.3, -0.25) is 11.7 Å². The fourth-order valence-corrected chi connectivity index (χ4v) is 0.324. The summed E-state index contributed by atoms with van der Waals surface area (Å²) in [5.41, 5.74) is 19.1. The van der Waals surface area contributed by atoms with Gasteiger partial charge in [-0.25, -0.2) is 0 Å². The van der Waals surface area contributed by atoms with Crippen LogP contribution in [0.3, 0.4) is 0 Å². The highest BCUT2D eigenvalue weighted by Crippen LogP contribution is 1.52. The highest BCUT2D eigenvalue weighted by molar-refractivity contribution is 4.19. The van der Waals surface area contributed by atoms with E-state index in [4.69, 9.17) is 11.7 Å². The van der Waals surface area contributed by atoms with Gasteiger partial charge in [0.1, 0.15) is 0 Å². The van der Waals surface area contributed by atoms with E-state index in [-0.39, 0.29) is 0 Å². The third kappa shape index (κ3) is 7.66. The Kier molecular flexibility index (Phi) is 8.34. The summed E-state index contributed by atoms with van der Waals surface area (Å²) in [6, 6.07) is 0. The molecule has 74 valence electrons. The molecule has 0 saturated carbocycles. The zero-order chi connectivity index (χ0) is 9.23. The summed E-state index contributed by atoms with van der Waals surface area (Å²) in [5, 5.41) is 1.43. The van der Waals surface area contributed by atoms with E-state index in [1.54, 1.807) is 7.05 Å². The Morgan fingerprint density at radius 3 is 1.58 bits per heavy atom. The fourth-order valence-electron chi connectivity index (χ4n) is 0.324. The third-order valence-electron chi connectivity index (χ3n) is 0.717. The molecule has 0 aromatic carbocycles. The number of nitrogens with two attached hydrogens (primary N) is 2. The van der Waals surface area contributed by atoms with Crippen LogP contribution >= 0.6 is 0 Å². The van der Waals surface area contributed by atoms with Gasteiger partial charge in [0.15, 0.2) is 0 Å². The average Bonchev–Trinajstić information content (AvgIpc) is 2.06. The maximum Gasteiger partial charge on any atom is 0.0202 e. The molecule has 0 saturated heterocycles. The van der Waals surface area contributed by atoms with Crippen LogP contribution in [-0.4, -0.2) is 12.2 Å². The lowest BCUT2D eigenvalue weighted by molar-refractivity contribution is 0.0621. The minimum absolute atomic E-state index is 1.43. The molecule has 11 heteroatoms. The largest absolute Gasteiger partial charge is 0.257 e. The molecule has 0 fully saturated rings. The second-order valence-corrected chi connectivity index (χ2v) is 1.57. The van der Waals surface area contributed by atoms with Gasteiger partial charge in [0.25, 0.3) is 0 Å². The smallest absolute Gasteiger partial charge is 0.0202 e. The van der Waals surface area contributed by atoms with E-state index in [0.717, 1.165) is 0 Å². The molecule has 11 nitrogen and oxygen atoms in total. The SMILES string of the molecule is CN(NNNNN)NNNNN. The lowest BCUT2D eigenvalue weighted by Gasteiger charge is -2.19. The van der Waals surface area contributed by atoms with Crippen molar-refractivity contribution in [3.05, 3.63) is 0 Å². The fraction of sp³-hybridized carbons (Fsp3) is 1.00. The van der Waals surface area contributed by atoms with E-state index in [1.165, 1.54) is 5.12 Å². The van der Waals surface area contributed by atoms with Gasteiger partial charge >= 0.3 is 0 Å². The molecule has 0 heterocycles. The summed E-state index contributed by atoms with van der Waals surface area (Å²) in [7, 11) is 1.68. The summed E-state index contributed by atoms with van der Waals surface area (Å²) >= 11 is 0. The molecule has 12 N–H and O–H groups in total. The molecule has 0 aromatic heterocycles. The Morgan fingerprint density at radius 2 is 1.25 bits per heavy atom. The van der Waals surface area contributed by atoms with Crippen molar-refractivity contribution in [1.29, 1.82) is 0 Å². The average molecular weight is 181 g/mol. The molecule has 0 rings (SSSR count). The summed E-state index contributed by atoms with van der Waals surface area (Å²) in [6.45, 7) is 0. The van der Waals surface area contributed by atoms with Crippen molar-refractivity contribution >= 4 is 0 Å². The normalized spacial score (nSPS) is 11.0. The monoisotopic (exact) mass is 181 g/mol. The first-order chi connectivity index (χ1) is 5.81. The van der Waals surface area contributed by atoms with E-state index < -0.39 is 0 Å². The minimum atomic E-state index is 1.43. The summed E-state index contributed by atoms with van der Waals surface area (Å²) < 4.78 is 0. The van der Waals surface area contributed by atoms with Crippen LogP contribution in [0.2, 0.25) is 0 Å². The standard InChI is InChI=1S/CH15N11/c1-12(10-8-6-4-2)11-9-7-5-3/h4-11H,2-3H2,1H3. The molecular formula is CH15N11. The molecule has 12 heavy (non-hydrogen) atoms. The van der Waals surface area contributed by atoms with Gasteiger partial charge < -0.3 is 0 Å². The van der Waals surface area contributed by atoms with Crippen LogP contribution in [0.5, 0.6) is 0 Å². The van der Waals surface area contributed by atoms with Crippen LogP contribution in [0.4, 0.5) is 0 Å². The highest BCUT2D eigenvalue weighted by atomic mass is 16.0. The number of rotatable bonds is 8. The predicted molar refractivity (Wildman–Crippen MR) is 41.2 cm³/mol. The maximum atomic E-state index is 4.88. The number of hydrogen-bond acceptors (Lipinski definition) is 11. The Bertz CT molecular complexity index is 71.1. The molecular weight excluding hydrogens is 166 g/mol. The van der Waals surface area contributed by atoms with E-state index in [9.17, 15) is 0 Å². The molecule has 0 spiro atoms. The number of nitrogens with one attached hydrogen (secondary N) is 8. The molecule has 0 aromatic rings. The second kappa shape index (κ2) is 8.65. The third-order valence-corrected chi connectivity index (χ3v) is 0.717. The summed E-state index contributed by atoms with van der Waals surface area (Å²) in [4.78, 5) is 0. The first-order valence-electron chi connectivity index (χ1n) is 2.97. The predicted octanol–water partition coefficient (Wildman–Crippen LogP) is -5.30. The van der Waals surface area contributed by atoms with Crippen molar-refractivity contribution in [2.45, 2.75) is 0 Å². The van der Waals surface area contributed by atoms with Crippen molar-refractivity contribution in [2.24, 2.45) is 11.7 Å². The Morgan fingerprint density at radius 1 is 0.833 bits per heavy atom. The quantitative estimate of drug-likeness (QED) is 0.0992. The Labute approximate surface area is 69.3 Å². The zero-order valence-corrected chi connectivity index (χ0v) is 6.60. The number of hydrogen-bond donors (Lipinski definition) is 10. The molecule has 0 radical (unpaired) electrons. The van der Waals surface area contributed by atoms with Crippen LogP contribution in [0, 0.1) is 0 Å². The number of hydrazine groups is 10. The van der Waals surface area contributed by atoms with Gasteiger partial charge in [-0.1, -0.05) is 0 Å². The molecule has 0 aliphatic rings. The Balaban J connectivity index is 3.04. The van der Waals surface area contributed by atoms with Gasteiger partial charge in [0, 0.05) is 7.05 Å². The van der Waals surface area contributed by atoms with E-state index in [0.29, 0.717) is 0 Å². The van der Waals surface area contributed by atoms with Crippen LogP contribution in [0.25, 0.3) is 0 Å². The second-order valence-electron chi connectivity index (χ2n) is 1.57. The topological polar surface area (TPSA) is 152 Å². The Hall–Kier alpha value is -0.440. The molecule has 0 unspecified atom stereocenters. The molecule has 0 aliphatic carbocycles. The molecule has 0 aliphatic heterocycles. The summed E-state index contributed by atoms with van der Waals surface area (Å²) in [5.74, 6) is 9.76. The molecule has 0 amide bonds. The van der Waals surface area contributed by atoms with Crippen molar-refractivity contribution in [3.8, 4) is 0 Å². The first-order valence-corrected chi connectivity index (χ1v) is 2.97. The van der Waals surface area contributed by atoms with Gasteiger partial charge in [-0.15, -0.1) is 0 Å². The van der Waals surface area contributed by atoms with Crippen LogP contribution in [-0.2, 0) is 0 Å². The van der Waals surface area contributed by atoms with Gasteiger partial charge in [0.05, 0.1) is 0 Å². The van der Waals surface area contributed by atoms with E-state index >= 15 is 0 Å². The van der Waals surface area contributed by atoms with Crippen molar-refractivity contribution in [3.63, 3.8) is 0 Å². The van der Waals surface area contributed by atoms with Crippen LogP contribution in [0.15, 0.2) is 0 Å². The minimum Gasteiger partial charge on any atom is -0.257 e. The van der Waals surface area contributed by atoms with Crippen LogP contribution < -0.4 is 56.0 Å². The molecule has 0 atom stereocenters. The zero-order valence-electron chi connectivity index (χ0n) is 6.60. The lowest BCUT2D eigenvalue weighted by Crippen LogP contribution is -2.65. The maximum absolute atomic E-state index is 4.88. The number of nitrogens with zero attached hydrogens (tertiary/aromatic N) is 1. The highest BCUT2D eigenvalue weighted by Gasteiger charge is 1.90. The van der Waals surface area contributed by atoms with Crippen molar-refractivity contribution in [1.82, 2.24) is 49.4 Å². The van der Waals surface area contributed by atoms with Gasteiger partial charge in [-0.2, -0.15) is 49.4 Å². The molecule has 0 bridgehead atoms. The van der Waals surface area contributed by atoms with E-state index in [1.807, 2.05) is 0 Å². The van der Waals surface area contributed by atoms with Crippen LogP contribution in [0.1, 0.15) is 0 Å². The van der Waals surface area contributed by atoms with Gasteiger partial charge in [0.2, 0.25) is 0 Å². The van der Waals surface area contributed by atoms with E-state index in [2.05, 4.69) is 44.3 Å². The van der Waals surface area contributed by atoms with Gasteiger partial charge in [-0.05, 0) is 0 Å². The van der Waals surface area contributed by atoms with Crippen molar-refractivity contribution < 1.29 is 0 Å². The first kappa shape index (κ1) is 11.6. The summed E-state index contributed by atoms with van der Waals surface area (Å²) in [6.07, 6.45) is 0. The van der Waals surface area contributed by atoms with Crippen molar-refractivity contribution in [2.75, 3.05) is 7.05 Å². The lowest BCUT2D eigenvalue weighted by atomic mass is 11.4.